The van der Waals surface area contributed by atoms with Crippen LogP contribution in [0.1, 0.15) is 25.7 Å². The molecule has 0 unspecified atom stereocenters. The Balaban J connectivity index is 1.80. The Bertz CT molecular complexity index is 588. The standard InChI is InChI=1S/C18H27N5O2/c1-19-18(25)21-16(24)13-20-17-14(22-9-2-3-10-22)7-6-8-15(17)23-11-4-5-12-23/h6-8,20H,2-5,9-13H2,1H3,(H2,19,21,24,25). The average molecular weight is 345 g/mol. The lowest BCUT2D eigenvalue weighted by Crippen LogP contribution is -2.40. The number of nitrogens with one attached hydrogen (secondary N) is 3. The lowest BCUT2D eigenvalue weighted by Gasteiger charge is -2.28. The predicted octanol–water partition coefficient (Wildman–Crippen LogP) is 1.75. The number of hydrogen-bond donors (Lipinski definition) is 3. The third-order valence-electron chi connectivity index (χ3n) is 4.82. The third kappa shape index (κ3) is 4.15. The number of para-hydroxylation sites is 1. The molecule has 1 aromatic carbocycles. The van der Waals surface area contributed by atoms with Gasteiger partial charge in [0.2, 0.25) is 5.91 Å². The number of hydrogen-bond acceptors (Lipinski definition) is 5. The lowest BCUT2D eigenvalue weighted by molar-refractivity contribution is -0.118. The zero-order chi connectivity index (χ0) is 17.6. The first-order valence-electron chi connectivity index (χ1n) is 9.07. The summed E-state index contributed by atoms with van der Waals surface area (Å²) in [6, 6.07) is 5.84. The van der Waals surface area contributed by atoms with Gasteiger partial charge in [-0.3, -0.25) is 10.1 Å². The monoisotopic (exact) mass is 345 g/mol. The fourth-order valence-electron chi connectivity index (χ4n) is 3.55. The van der Waals surface area contributed by atoms with Gasteiger partial charge in [-0.2, -0.15) is 0 Å². The van der Waals surface area contributed by atoms with Gasteiger partial charge in [0.15, 0.2) is 0 Å². The number of amides is 3. The van der Waals surface area contributed by atoms with Gasteiger partial charge < -0.3 is 20.4 Å². The molecule has 2 heterocycles. The minimum atomic E-state index is -0.487. The van der Waals surface area contributed by atoms with E-state index in [1.54, 1.807) is 0 Å². The largest absolute Gasteiger partial charge is 0.373 e. The van der Waals surface area contributed by atoms with E-state index in [-0.39, 0.29) is 12.5 Å². The van der Waals surface area contributed by atoms with Crippen molar-refractivity contribution in [3.8, 4) is 0 Å². The topological polar surface area (TPSA) is 76.7 Å². The maximum Gasteiger partial charge on any atom is 0.321 e. The Hall–Kier alpha value is -2.44. The van der Waals surface area contributed by atoms with Crippen LogP contribution in [0.3, 0.4) is 0 Å². The third-order valence-corrected chi connectivity index (χ3v) is 4.82. The number of carbonyl (C=O) groups is 2. The van der Waals surface area contributed by atoms with Crippen LogP contribution in [0.2, 0.25) is 0 Å². The van der Waals surface area contributed by atoms with Gasteiger partial charge in [-0.05, 0) is 37.8 Å². The summed E-state index contributed by atoms with van der Waals surface area (Å²) in [5.41, 5.74) is 3.29. The molecule has 0 atom stereocenters. The fraction of sp³-hybridized carbons (Fsp3) is 0.556. The molecule has 7 heteroatoms. The zero-order valence-corrected chi connectivity index (χ0v) is 14.8. The van der Waals surface area contributed by atoms with Gasteiger partial charge >= 0.3 is 6.03 Å². The van der Waals surface area contributed by atoms with E-state index in [2.05, 4.69) is 43.9 Å². The van der Waals surface area contributed by atoms with E-state index in [4.69, 9.17) is 0 Å². The second-order valence-corrected chi connectivity index (χ2v) is 6.54. The summed E-state index contributed by atoms with van der Waals surface area (Å²) in [4.78, 5) is 28.0. The Morgan fingerprint density at radius 2 is 1.48 bits per heavy atom. The van der Waals surface area contributed by atoms with Crippen molar-refractivity contribution in [3.05, 3.63) is 18.2 Å². The molecule has 2 aliphatic rings. The summed E-state index contributed by atoms with van der Waals surface area (Å²) in [5, 5.41) is 7.98. The first kappa shape index (κ1) is 17.4. The smallest absolute Gasteiger partial charge is 0.321 e. The van der Waals surface area contributed by atoms with Crippen LogP contribution in [0, 0.1) is 0 Å². The van der Waals surface area contributed by atoms with Crippen LogP contribution in [0.4, 0.5) is 21.9 Å². The van der Waals surface area contributed by atoms with Crippen molar-refractivity contribution in [2.45, 2.75) is 25.7 Å². The Morgan fingerprint density at radius 3 is 1.96 bits per heavy atom. The molecule has 0 saturated carbocycles. The van der Waals surface area contributed by atoms with Crippen molar-refractivity contribution in [2.75, 3.05) is 54.9 Å². The molecule has 0 aliphatic carbocycles. The van der Waals surface area contributed by atoms with Crippen molar-refractivity contribution in [3.63, 3.8) is 0 Å². The van der Waals surface area contributed by atoms with Gasteiger partial charge in [-0.1, -0.05) is 6.07 Å². The van der Waals surface area contributed by atoms with Gasteiger partial charge in [-0.15, -0.1) is 0 Å². The number of rotatable bonds is 5. The highest BCUT2D eigenvalue weighted by molar-refractivity contribution is 5.97. The average Bonchev–Trinajstić information content (AvgIpc) is 3.33. The number of urea groups is 1. The normalized spacial score (nSPS) is 16.8. The van der Waals surface area contributed by atoms with Crippen molar-refractivity contribution in [2.24, 2.45) is 0 Å². The summed E-state index contributed by atoms with van der Waals surface area (Å²) < 4.78 is 0. The second kappa shape index (κ2) is 8.09. The SMILES string of the molecule is CNC(=O)NC(=O)CNc1c(N2CCCC2)cccc1N1CCCC1. The highest BCUT2D eigenvalue weighted by Crippen LogP contribution is 2.38. The molecular formula is C18H27N5O2. The lowest BCUT2D eigenvalue weighted by atomic mass is 10.2. The van der Waals surface area contributed by atoms with Crippen molar-refractivity contribution in [1.29, 1.82) is 0 Å². The van der Waals surface area contributed by atoms with E-state index in [1.165, 1.54) is 32.7 Å². The summed E-state index contributed by atoms with van der Waals surface area (Å²) in [6.45, 7) is 4.25. The molecule has 136 valence electrons. The summed E-state index contributed by atoms with van der Waals surface area (Å²) in [7, 11) is 1.49. The van der Waals surface area contributed by atoms with Crippen LogP contribution in [0.5, 0.6) is 0 Å². The van der Waals surface area contributed by atoms with Crippen LogP contribution < -0.4 is 25.8 Å². The molecule has 0 radical (unpaired) electrons. The molecule has 3 N–H and O–H groups in total. The molecule has 2 saturated heterocycles. The molecule has 0 aromatic heterocycles. The van der Waals surface area contributed by atoms with Gasteiger partial charge in [0.25, 0.3) is 0 Å². The van der Waals surface area contributed by atoms with Crippen molar-refractivity contribution < 1.29 is 9.59 Å². The van der Waals surface area contributed by atoms with E-state index >= 15 is 0 Å². The van der Waals surface area contributed by atoms with Gasteiger partial charge in [0.1, 0.15) is 0 Å². The Morgan fingerprint density at radius 1 is 0.960 bits per heavy atom. The molecular weight excluding hydrogens is 318 g/mol. The van der Waals surface area contributed by atoms with Gasteiger partial charge in [-0.25, -0.2) is 4.79 Å². The van der Waals surface area contributed by atoms with Crippen LogP contribution in [0.25, 0.3) is 0 Å². The second-order valence-electron chi connectivity index (χ2n) is 6.54. The molecule has 0 bridgehead atoms. The van der Waals surface area contributed by atoms with Crippen LogP contribution in [0.15, 0.2) is 18.2 Å². The minimum absolute atomic E-state index is 0.0686. The highest BCUT2D eigenvalue weighted by Gasteiger charge is 2.22. The van der Waals surface area contributed by atoms with Crippen LogP contribution >= 0.6 is 0 Å². The first-order chi connectivity index (χ1) is 12.2. The van der Waals surface area contributed by atoms with Crippen molar-refractivity contribution in [1.82, 2.24) is 10.6 Å². The fourth-order valence-corrected chi connectivity index (χ4v) is 3.55. The van der Waals surface area contributed by atoms with E-state index in [9.17, 15) is 9.59 Å². The maximum atomic E-state index is 12.0. The minimum Gasteiger partial charge on any atom is -0.373 e. The van der Waals surface area contributed by atoms with Gasteiger partial charge in [0.05, 0.1) is 23.6 Å². The first-order valence-corrected chi connectivity index (χ1v) is 9.07. The molecule has 3 rings (SSSR count). The maximum absolute atomic E-state index is 12.0. The van der Waals surface area contributed by atoms with Crippen LogP contribution in [-0.2, 0) is 4.79 Å². The summed E-state index contributed by atoms with van der Waals surface area (Å²) in [6.07, 6.45) is 4.80. The van der Waals surface area contributed by atoms with Crippen LogP contribution in [-0.4, -0.2) is 51.7 Å². The molecule has 25 heavy (non-hydrogen) atoms. The Labute approximate surface area is 148 Å². The Kier molecular flexibility index (Phi) is 5.63. The van der Waals surface area contributed by atoms with E-state index in [0.29, 0.717) is 0 Å². The molecule has 2 fully saturated rings. The predicted molar refractivity (Wildman–Crippen MR) is 100 cm³/mol. The molecule has 3 amide bonds. The number of nitrogens with zero attached hydrogens (tertiary/aromatic N) is 2. The summed E-state index contributed by atoms with van der Waals surface area (Å²) in [5.74, 6) is -0.344. The summed E-state index contributed by atoms with van der Waals surface area (Å²) >= 11 is 0. The quantitative estimate of drug-likeness (QED) is 0.758. The number of anilines is 3. The van der Waals surface area contributed by atoms with E-state index in [0.717, 1.165) is 43.2 Å². The number of carbonyl (C=O) groups excluding carboxylic acids is 2. The number of benzene rings is 1. The number of imide groups is 1. The molecule has 1 aromatic rings. The molecule has 2 aliphatic heterocycles. The van der Waals surface area contributed by atoms with E-state index < -0.39 is 6.03 Å². The highest BCUT2D eigenvalue weighted by atomic mass is 16.2. The van der Waals surface area contributed by atoms with E-state index in [1.807, 2.05) is 0 Å². The molecule has 0 spiro atoms. The zero-order valence-electron chi connectivity index (χ0n) is 14.8. The molecule has 7 nitrogen and oxygen atoms in total. The van der Waals surface area contributed by atoms with Gasteiger partial charge in [0, 0.05) is 33.2 Å². The van der Waals surface area contributed by atoms with Crippen molar-refractivity contribution >= 4 is 29.0 Å².